The van der Waals surface area contributed by atoms with Gasteiger partial charge in [-0.05, 0) is 31.4 Å². The van der Waals surface area contributed by atoms with Gasteiger partial charge >= 0.3 is 11.7 Å². The number of methoxy groups -OCH3 is 1. The third-order valence-electron chi connectivity index (χ3n) is 7.86. The topological polar surface area (TPSA) is 88.9 Å². The predicted molar refractivity (Wildman–Crippen MR) is 160 cm³/mol. The maximum Gasteiger partial charge on any atom is 0.351 e. The fourth-order valence-corrected chi connectivity index (χ4v) is 5.77. The fourth-order valence-electron chi connectivity index (χ4n) is 5.77. The highest BCUT2D eigenvalue weighted by molar-refractivity contribution is 5.95. The van der Waals surface area contributed by atoms with Crippen molar-refractivity contribution in [2.45, 2.75) is 32.7 Å². The van der Waals surface area contributed by atoms with E-state index in [-0.39, 0.29) is 18.3 Å². The molecule has 216 valence electrons. The summed E-state index contributed by atoms with van der Waals surface area (Å²) in [4.78, 5) is 36.2. The summed E-state index contributed by atoms with van der Waals surface area (Å²) in [6, 6.07) is 20.5. The lowest BCUT2D eigenvalue weighted by atomic mass is 9.81. The van der Waals surface area contributed by atoms with E-state index in [4.69, 9.17) is 9.47 Å². The number of esters is 1. The molecule has 1 atom stereocenters. The van der Waals surface area contributed by atoms with Gasteiger partial charge in [-0.25, -0.2) is 9.59 Å². The summed E-state index contributed by atoms with van der Waals surface area (Å²) in [7, 11) is 1.61. The van der Waals surface area contributed by atoms with Crippen molar-refractivity contribution < 1.29 is 14.3 Å². The van der Waals surface area contributed by atoms with E-state index in [0.29, 0.717) is 36.1 Å². The minimum atomic E-state index is -0.445. The largest absolute Gasteiger partial charge is 0.463 e. The van der Waals surface area contributed by atoms with Crippen LogP contribution in [0, 0.1) is 0 Å². The second-order valence-electron chi connectivity index (χ2n) is 10.4. The SMILES string of the molecule is CCOC(=O)C1=C(C)Nc2c(c(N3CCN(CCc4ccccc4)CC3)nc(=O)n2CCOC)C1c1ccccc1. The van der Waals surface area contributed by atoms with Crippen LogP contribution in [0.1, 0.15) is 36.5 Å². The van der Waals surface area contributed by atoms with Crippen LogP contribution in [0.15, 0.2) is 76.7 Å². The Kier molecular flexibility index (Phi) is 9.16. The smallest absolute Gasteiger partial charge is 0.351 e. The Hall–Kier alpha value is -3.95. The van der Waals surface area contributed by atoms with Crippen LogP contribution in [0.2, 0.25) is 0 Å². The minimum absolute atomic E-state index is 0.271. The Labute approximate surface area is 241 Å². The van der Waals surface area contributed by atoms with Gasteiger partial charge < -0.3 is 19.7 Å². The third-order valence-corrected chi connectivity index (χ3v) is 7.86. The number of piperazine rings is 1. The minimum Gasteiger partial charge on any atom is -0.463 e. The van der Waals surface area contributed by atoms with Crippen LogP contribution >= 0.6 is 0 Å². The van der Waals surface area contributed by atoms with Gasteiger partial charge in [0, 0.05) is 51.1 Å². The zero-order chi connectivity index (χ0) is 28.8. The molecule has 2 aliphatic heterocycles. The van der Waals surface area contributed by atoms with Crippen molar-refractivity contribution in [1.82, 2.24) is 14.5 Å². The van der Waals surface area contributed by atoms with Gasteiger partial charge in [-0.1, -0.05) is 60.7 Å². The van der Waals surface area contributed by atoms with Gasteiger partial charge in [-0.15, -0.1) is 0 Å². The average molecular weight is 558 g/mol. The number of nitrogens with one attached hydrogen (secondary N) is 1. The van der Waals surface area contributed by atoms with E-state index in [0.717, 1.165) is 50.3 Å². The highest BCUT2D eigenvalue weighted by atomic mass is 16.5. The molecule has 0 spiro atoms. The second kappa shape index (κ2) is 13.1. The number of carbonyl (C=O) groups is 1. The molecule has 2 aromatic carbocycles. The number of hydrogen-bond donors (Lipinski definition) is 1. The maximum absolute atomic E-state index is 13.5. The highest BCUT2D eigenvalue weighted by Gasteiger charge is 2.39. The van der Waals surface area contributed by atoms with Gasteiger partial charge in [0.15, 0.2) is 0 Å². The second-order valence-corrected chi connectivity index (χ2v) is 10.4. The van der Waals surface area contributed by atoms with Crippen LogP contribution in [-0.4, -0.2) is 73.5 Å². The molecule has 0 bridgehead atoms. The lowest BCUT2D eigenvalue weighted by Gasteiger charge is -2.39. The predicted octanol–water partition coefficient (Wildman–Crippen LogP) is 3.65. The van der Waals surface area contributed by atoms with E-state index in [2.05, 4.69) is 44.4 Å². The third kappa shape index (κ3) is 6.21. The number of carbonyl (C=O) groups excluding carboxylic acids is 1. The molecule has 1 aromatic heterocycles. The molecule has 41 heavy (non-hydrogen) atoms. The summed E-state index contributed by atoms with van der Waals surface area (Å²) in [6.45, 7) is 8.80. The number of rotatable bonds is 10. The normalized spacial score (nSPS) is 17.2. The van der Waals surface area contributed by atoms with Gasteiger partial charge in [0.2, 0.25) is 0 Å². The van der Waals surface area contributed by atoms with Crippen LogP contribution in [0.25, 0.3) is 0 Å². The zero-order valence-electron chi connectivity index (χ0n) is 24.1. The van der Waals surface area contributed by atoms with Crippen LogP contribution in [0.3, 0.4) is 0 Å². The first-order valence-electron chi connectivity index (χ1n) is 14.4. The summed E-state index contributed by atoms with van der Waals surface area (Å²) in [5, 5.41) is 3.40. The number of fused-ring (bicyclic) bond motifs is 1. The lowest BCUT2D eigenvalue weighted by molar-refractivity contribution is -0.138. The molecule has 5 rings (SSSR count). The first-order valence-corrected chi connectivity index (χ1v) is 14.4. The van der Waals surface area contributed by atoms with E-state index < -0.39 is 5.92 Å². The number of ether oxygens (including phenoxy) is 2. The molecule has 0 aliphatic carbocycles. The average Bonchev–Trinajstić information content (AvgIpc) is 3.00. The first-order chi connectivity index (χ1) is 20.0. The monoisotopic (exact) mass is 557 g/mol. The molecule has 0 radical (unpaired) electrons. The van der Waals surface area contributed by atoms with Crippen LogP contribution < -0.4 is 15.9 Å². The van der Waals surface area contributed by atoms with Crippen molar-refractivity contribution in [3.05, 3.63) is 99.1 Å². The van der Waals surface area contributed by atoms with Gasteiger partial charge in [-0.3, -0.25) is 9.47 Å². The van der Waals surface area contributed by atoms with E-state index in [9.17, 15) is 9.59 Å². The summed E-state index contributed by atoms with van der Waals surface area (Å²) in [5.74, 6) is 0.461. The molecule has 3 aromatic rings. The number of hydrogen-bond acceptors (Lipinski definition) is 8. The van der Waals surface area contributed by atoms with Crippen molar-refractivity contribution in [1.29, 1.82) is 0 Å². The Morgan fingerprint density at radius 2 is 1.68 bits per heavy atom. The van der Waals surface area contributed by atoms with Gasteiger partial charge in [-0.2, -0.15) is 4.98 Å². The van der Waals surface area contributed by atoms with Gasteiger partial charge in [0.25, 0.3) is 0 Å². The number of nitrogens with zero attached hydrogens (tertiary/aromatic N) is 4. The number of benzene rings is 2. The van der Waals surface area contributed by atoms with E-state index in [1.807, 2.05) is 50.2 Å². The Morgan fingerprint density at radius 3 is 2.34 bits per heavy atom. The molecule has 1 N–H and O–H groups in total. The highest BCUT2D eigenvalue weighted by Crippen LogP contribution is 2.45. The first kappa shape index (κ1) is 28.6. The Bertz CT molecular complexity index is 1430. The molecular weight excluding hydrogens is 518 g/mol. The molecule has 2 aliphatic rings. The van der Waals surface area contributed by atoms with E-state index in [1.54, 1.807) is 11.7 Å². The van der Waals surface area contributed by atoms with E-state index in [1.165, 1.54) is 5.56 Å². The van der Waals surface area contributed by atoms with Crippen molar-refractivity contribution in [3.8, 4) is 0 Å². The molecule has 1 fully saturated rings. The maximum atomic E-state index is 13.5. The standard InChI is InChI=1S/C32H39N5O4/c1-4-41-31(38)26-23(2)33-30-28(27(26)25-13-9-6-10-14-25)29(34-32(39)37(30)21-22-40-3)36-19-17-35(18-20-36)16-15-24-11-7-5-8-12-24/h5-14,27,33H,4,15-22H2,1-3H3. The molecule has 9 nitrogen and oxygen atoms in total. The van der Waals surface area contributed by atoms with Crippen molar-refractivity contribution >= 4 is 17.6 Å². The summed E-state index contributed by atoms with van der Waals surface area (Å²) in [6.07, 6.45) is 0.997. The molecular formula is C32H39N5O4. The lowest BCUT2D eigenvalue weighted by Crippen LogP contribution is -2.48. The Morgan fingerprint density at radius 1 is 1.00 bits per heavy atom. The van der Waals surface area contributed by atoms with Crippen molar-refractivity contribution in [2.24, 2.45) is 0 Å². The van der Waals surface area contributed by atoms with Gasteiger partial charge in [0.05, 0.1) is 31.2 Å². The number of aromatic nitrogens is 2. The summed E-state index contributed by atoms with van der Waals surface area (Å²) < 4.78 is 12.5. The van der Waals surface area contributed by atoms with Crippen molar-refractivity contribution in [2.75, 3.05) is 63.3 Å². The fraction of sp³-hybridized carbons (Fsp3) is 0.406. The molecule has 0 amide bonds. The zero-order valence-corrected chi connectivity index (χ0v) is 24.1. The Balaban J connectivity index is 1.53. The van der Waals surface area contributed by atoms with Crippen LogP contribution in [-0.2, 0) is 27.2 Å². The van der Waals surface area contributed by atoms with Crippen LogP contribution in [0.5, 0.6) is 0 Å². The molecule has 1 saturated heterocycles. The number of allylic oxidation sites excluding steroid dienone is 1. The summed E-state index contributed by atoms with van der Waals surface area (Å²) >= 11 is 0. The molecule has 1 unspecified atom stereocenters. The molecule has 0 saturated carbocycles. The number of anilines is 2. The van der Waals surface area contributed by atoms with Crippen molar-refractivity contribution in [3.63, 3.8) is 0 Å². The van der Waals surface area contributed by atoms with Crippen LogP contribution in [0.4, 0.5) is 11.6 Å². The summed E-state index contributed by atoms with van der Waals surface area (Å²) in [5.41, 5.74) is 3.95. The molecule has 9 heteroatoms. The van der Waals surface area contributed by atoms with Gasteiger partial charge in [0.1, 0.15) is 11.6 Å². The quantitative estimate of drug-likeness (QED) is 0.378. The van der Waals surface area contributed by atoms with E-state index >= 15 is 0 Å². The molecule has 3 heterocycles.